The van der Waals surface area contributed by atoms with Crippen LogP contribution in [0.3, 0.4) is 0 Å². The van der Waals surface area contributed by atoms with Crippen LogP contribution in [0, 0.1) is 17.3 Å². The fourth-order valence-electron chi connectivity index (χ4n) is 4.71. The van der Waals surface area contributed by atoms with E-state index in [1.807, 2.05) is 18.2 Å². The highest BCUT2D eigenvalue weighted by atomic mass is 16.5. The predicted octanol–water partition coefficient (Wildman–Crippen LogP) is 5.34. The number of methoxy groups -OCH3 is 2. The minimum absolute atomic E-state index is 0.0987. The molecule has 3 rings (SSSR count). The normalized spacial score (nSPS) is 30.7. The minimum Gasteiger partial charge on any atom is -0.493 e. The van der Waals surface area contributed by atoms with Crippen LogP contribution in [0.1, 0.15) is 52.0 Å². The third-order valence-corrected chi connectivity index (χ3v) is 6.53. The molecule has 1 aromatic carbocycles. The van der Waals surface area contributed by atoms with Gasteiger partial charge in [0.15, 0.2) is 11.5 Å². The van der Waals surface area contributed by atoms with Gasteiger partial charge in [0.05, 0.1) is 26.4 Å². The predicted molar refractivity (Wildman–Crippen MR) is 102 cm³/mol. The molecule has 0 bridgehead atoms. The quantitative estimate of drug-likeness (QED) is 0.596. The molecule has 1 aromatic rings. The summed E-state index contributed by atoms with van der Waals surface area (Å²) < 4.78 is 17.0. The number of rotatable bonds is 8. The molecule has 138 valence electrons. The average Bonchev–Trinajstić information content (AvgIpc) is 3.30. The van der Waals surface area contributed by atoms with Crippen LogP contribution in [0.15, 0.2) is 24.3 Å². The molecule has 3 atom stereocenters. The van der Waals surface area contributed by atoms with Gasteiger partial charge in [-0.1, -0.05) is 32.1 Å². The summed E-state index contributed by atoms with van der Waals surface area (Å²) in [6, 6.07) is 5.97. The second-order valence-electron chi connectivity index (χ2n) is 8.11. The summed E-state index contributed by atoms with van der Waals surface area (Å²) in [4.78, 5) is 0. The van der Waals surface area contributed by atoms with Crippen LogP contribution >= 0.6 is 0 Å². The molecular weight excluding hydrogens is 312 g/mol. The summed E-state index contributed by atoms with van der Waals surface area (Å²) in [7, 11) is 3.32. The van der Waals surface area contributed by atoms with Crippen LogP contribution in [0.2, 0.25) is 0 Å². The smallest absolute Gasteiger partial charge is 0.161 e. The molecule has 2 aliphatic rings. The van der Waals surface area contributed by atoms with Crippen molar-refractivity contribution in [2.45, 2.75) is 52.1 Å². The summed E-state index contributed by atoms with van der Waals surface area (Å²) in [5, 5.41) is 0. The lowest BCUT2D eigenvalue weighted by molar-refractivity contribution is -0.0418. The Morgan fingerprint density at radius 2 is 1.92 bits per heavy atom. The minimum atomic E-state index is 0.0987. The van der Waals surface area contributed by atoms with E-state index < -0.39 is 0 Å². The van der Waals surface area contributed by atoms with Gasteiger partial charge in [0, 0.05) is 0 Å². The number of benzene rings is 1. The molecule has 0 spiro atoms. The van der Waals surface area contributed by atoms with Crippen molar-refractivity contribution in [3.63, 3.8) is 0 Å². The highest BCUT2D eigenvalue weighted by Crippen LogP contribution is 2.71. The molecule has 0 amide bonds. The maximum Gasteiger partial charge on any atom is 0.161 e. The Morgan fingerprint density at radius 1 is 1.16 bits per heavy atom. The maximum atomic E-state index is 6.34. The van der Waals surface area contributed by atoms with Gasteiger partial charge in [-0.3, -0.25) is 0 Å². The van der Waals surface area contributed by atoms with E-state index in [4.69, 9.17) is 14.2 Å². The van der Waals surface area contributed by atoms with Crippen molar-refractivity contribution in [1.29, 1.82) is 0 Å². The van der Waals surface area contributed by atoms with Gasteiger partial charge in [0.1, 0.15) is 0 Å². The standard InChI is InChI=1S/C22H32O3/c1-16(2)22-12-11-21(3,20(22)15-22)25-13-7-6-8-17-9-10-18(23-4)19(14-17)24-5/h6,8-10,14,16,20H,7,11-13,15H2,1-5H3/b8-6+/t20-,21+,22-/m1/s1. The van der Waals surface area contributed by atoms with Crippen LogP contribution in [0.5, 0.6) is 11.5 Å². The molecule has 0 saturated heterocycles. The van der Waals surface area contributed by atoms with Crippen LogP contribution in [-0.2, 0) is 4.74 Å². The Balaban J connectivity index is 1.48. The van der Waals surface area contributed by atoms with E-state index >= 15 is 0 Å². The van der Waals surface area contributed by atoms with E-state index in [2.05, 4.69) is 32.9 Å². The van der Waals surface area contributed by atoms with Gasteiger partial charge in [-0.2, -0.15) is 0 Å². The zero-order valence-electron chi connectivity index (χ0n) is 16.3. The molecule has 25 heavy (non-hydrogen) atoms. The first-order valence-corrected chi connectivity index (χ1v) is 9.48. The highest BCUT2D eigenvalue weighted by Gasteiger charge is 2.68. The van der Waals surface area contributed by atoms with Crippen molar-refractivity contribution in [1.82, 2.24) is 0 Å². The molecule has 3 heteroatoms. The fourth-order valence-corrected chi connectivity index (χ4v) is 4.71. The molecule has 0 heterocycles. The van der Waals surface area contributed by atoms with Gasteiger partial charge in [-0.15, -0.1) is 0 Å². The monoisotopic (exact) mass is 344 g/mol. The third-order valence-electron chi connectivity index (χ3n) is 6.53. The number of hydrogen-bond acceptors (Lipinski definition) is 3. The SMILES string of the molecule is COc1ccc(/C=C/CCO[C@@]2(C)CC[C@]3(C(C)C)C[C@@H]32)cc1OC. The molecule has 2 fully saturated rings. The molecule has 2 aliphatic carbocycles. The largest absolute Gasteiger partial charge is 0.493 e. The van der Waals surface area contributed by atoms with E-state index in [0.29, 0.717) is 5.41 Å². The number of hydrogen-bond donors (Lipinski definition) is 0. The summed E-state index contributed by atoms with van der Waals surface area (Å²) in [5.74, 6) is 3.08. The van der Waals surface area contributed by atoms with Gasteiger partial charge in [0.25, 0.3) is 0 Å². The summed E-state index contributed by atoms with van der Waals surface area (Å²) in [5.41, 5.74) is 1.80. The van der Waals surface area contributed by atoms with Crippen LogP contribution < -0.4 is 9.47 Å². The van der Waals surface area contributed by atoms with Crippen LogP contribution in [0.4, 0.5) is 0 Å². The number of fused-ring (bicyclic) bond motifs is 1. The van der Waals surface area contributed by atoms with E-state index in [9.17, 15) is 0 Å². The Hall–Kier alpha value is -1.48. The van der Waals surface area contributed by atoms with Gasteiger partial charge in [0.2, 0.25) is 0 Å². The Kier molecular flexibility index (Phi) is 5.15. The van der Waals surface area contributed by atoms with Crippen molar-refractivity contribution < 1.29 is 14.2 Å². The zero-order valence-corrected chi connectivity index (χ0v) is 16.3. The Morgan fingerprint density at radius 3 is 2.52 bits per heavy atom. The summed E-state index contributed by atoms with van der Waals surface area (Å²) in [6.07, 6.45) is 9.16. The van der Waals surface area contributed by atoms with Gasteiger partial charge < -0.3 is 14.2 Å². The van der Waals surface area contributed by atoms with Crippen molar-refractivity contribution in [2.75, 3.05) is 20.8 Å². The molecule has 0 aromatic heterocycles. The molecule has 0 unspecified atom stereocenters. The van der Waals surface area contributed by atoms with Crippen molar-refractivity contribution in [3.8, 4) is 11.5 Å². The van der Waals surface area contributed by atoms with Gasteiger partial charge in [-0.25, -0.2) is 0 Å². The molecular formula is C22H32O3. The highest BCUT2D eigenvalue weighted by molar-refractivity contribution is 5.55. The lowest BCUT2D eigenvalue weighted by Crippen LogP contribution is -2.29. The molecule has 2 saturated carbocycles. The van der Waals surface area contributed by atoms with Crippen molar-refractivity contribution in [3.05, 3.63) is 29.8 Å². The van der Waals surface area contributed by atoms with E-state index in [1.165, 1.54) is 19.3 Å². The Labute approximate surface area is 152 Å². The second kappa shape index (κ2) is 7.03. The molecule has 0 radical (unpaired) electrons. The average molecular weight is 344 g/mol. The van der Waals surface area contributed by atoms with E-state index in [-0.39, 0.29) is 5.60 Å². The van der Waals surface area contributed by atoms with E-state index in [0.717, 1.165) is 41.9 Å². The second-order valence-corrected chi connectivity index (χ2v) is 8.11. The van der Waals surface area contributed by atoms with E-state index in [1.54, 1.807) is 14.2 Å². The van der Waals surface area contributed by atoms with Gasteiger partial charge in [-0.05, 0) is 67.6 Å². The molecule has 0 N–H and O–H groups in total. The topological polar surface area (TPSA) is 27.7 Å². The van der Waals surface area contributed by atoms with Crippen molar-refractivity contribution in [2.24, 2.45) is 17.3 Å². The maximum absolute atomic E-state index is 6.34. The van der Waals surface area contributed by atoms with Crippen LogP contribution in [0.25, 0.3) is 6.08 Å². The first-order valence-electron chi connectivity index (χ1n) is 9.48. The molecule has 0 aliphatic heterocycles. The number of ether oxygens (including phenoxy) is 3. The van der Waals surface area contributed by atoms with Crippen LogP contribution in [-0.4, -0.2) is 26.4 Å². The first kappa shape index (κ1) is 18.3. The van der Waals surface area contributed by atoms with Crippen molar-refractivity contribution >= 4 is 6.08 Å². The lowest BCUT2D eigenvalue weighted by atomic mass is 9.90. The third kappa shape index (κ3) is 3.44. The Bertz CT molecular complexity index is 636. The summed E-state index contributed by atoms with van der Waals surface area (Å²) >= 11 is 0. The fraction of sp³-hybridized carbons (Fsp3) is 0.636. The first-order chi connectivity index (χ1) is 11.9. The zero-order chi connectivity index (χ0) is 18.1. The van der Waals surface area contributed by atoms with Gasteiger partial charge >= 0.3 is 0 Å². The summed E-state index contributed by atoms with van der Waals surface area (Å²) in [6.45, 7) is 7.87. The lowest BCUT2D eigenvalue weighted by Gasteiger charge is -2.26. The molecule has 3 nitrogen and oxygen atoms in total.